The van der Waals surface area contributed by atoms with Gasteiger partial charge in [-0.3, -0.25) is 4.79 Å². The minimum atomic E-state index is -0.305. The summed E-state index contributed by atoms with van der Waals surface area (Å²) >= 11 is 10.7. The number of nitrogens with zero attached hydrogens (tertiary/aromatic N) is 2. The molecule has 2 rings (SSSR count). The molecule has 1 aromatic heterocycles. The first-order valence-electron chi connectivity index (χ1n) is 5.13. The largest absolute Gasteiger partial charge is 0.389 e. The monoisotopic (exact) mass is 279 g/mol. The van der Waals surface area contributed by atoms with Crippen molar-refractivity contribution in [3.8, 4) is 11.3 Å². The van der Waals surface area contributed by atoms with Gasteiger partial charge in [-0.05, 0) is 18.2 Å². The molecule has 92 valence electrons. The average molecular weight is 280 g/mol. The number of hydrogen-bond donors (Lipinski definition) is 1. The van der Waals surface area contributed by atoms with Crippen molar-refractivity contribution in [1.29, 1.82) is 0 Å². The van der Waals surface area contributed by atoms with E-state index in [-0.39, 0.29) is 16.1 Å². The van der Waals surface area contributed by atoms with Crippen LogP contribution in [0.2, 0.25) is 5.02 Å². The molecule has 0 fully saturated rings. The standard InChI is InChI=1S/C12H10ClN3OS/c1-16-12(17)9(11(14)18)6-10(15-16)7-2-4-8(13)5-3-7/h2-6H,1H3,(H2,14,18). The Morgan fingerprint density at radius 2 is 2.00 bits per heavy atom. The summed E-state index contributed by atoms with van der Waals surface area (Å²) in [5, 5.41) is 4.80. The van der Waals surface area contributed by atoms with Crippen LogP contribution >= 0.6 is 23.8 Å². The van der Waals surface area contributed by atoms with Crippen molar-refractivity contribution in [2.45, 2.75) is 0 Å². The number of hydrogen-bond acceptors (Lipinski definition) is 3. The van der Waals surface area contributed by atoms with E-state index in [2.05, 4.69) is 5.10 Å². The van der Waals surface area contributed by atoms with Crippen molar-refractivity contribution >= 4 is 28.8 Å². The van der Waals surface area contributed by atoms with E-state index in [1.807, 2.05) is 12.1 Å². The van der Waals surface area contributed by atoms with Crippen LogP contribution in [0.4, 0.5) is 0 Å². The number of rotatable bonds is 2. The molecule has 0 saturated carbocycles. The molecule has 0 unspecified atom stereocenters. The number of thiocarbonyl (C=S) groups is 1. The molecule has 6 heteroatoms. The second kappa shape index (κ2) is 4.88. The van der Waals surface area contributed by atoms with Gasteiger partial charge in [0.1, 0.15) is 4.99 Å². The lowest BCUT2D eigenvalue weighted by Crippen LogP contribution is -2.29. The van der Waals surface area contributed by atoms with Crippen LogP contribution in [0.1, 0.15) is 5.56 Å². The number of aromatic nitrogens is 2. The molecule has 1 heterocycles. The van der Waals surface area contributed by atoms with Crippen LogP contribution < -0.4 is 11.3 Å². The Morgan fingerprint density at radius 1 is 1.39 bits per heavy atom. The fourth-order valence-electron chi connectivity index (χ4n) is 1.55. The van der Waals surface area contributed by atoms with Gasteiger partial charge in [0.15, 0.2) is 0 Å². The molecule has 4 nitrogen and oxygen atoms in total. The molecule has 0 aliphatic heterocycles. The Hall–Kier alpha value is -1.72. The van der Waals surface area contributed by atoms with Gasteiger partial charge in [0.05, 0.1) is 11.3 Å². The van der Waals surface area contributed by atoms with Crippen LogP contribution in [0.15, 0.2) is 35.1 Å². The van der Waals surface area contributed by atoms with E-state index in [1.165, 1.54) is 4.68 Å². The van der Waals surface area contributed by atoms with Crippen molar-refractivity contribution in [2.75, 3.05) is 0 Å². The summed E-state index contributed by atoms with van der Waals surface area (Å²) in [6.45, 7) is 0. The second-order valence-corrected chi connectivity index (χ2v) is 4.62. The summed E-state index contributed by atoms with van der Waals surface area (Å²) in [6.07, 6.45) is 0. The van der Waals surface area contributed by atoms with Gasteiger partial charge in [-0.25, -0.2) is 4.68 Å². The normalized spacial score (nSPS) is 10.3. The lowest BCUT2D eigenvalue weighted by molar-refractivity contribution is 0.710. The highest BCUT2D eigenvalue weighted by Gasteiger charge is 2.09. The Morgan fingerprint density at radius 3 is 2.56 bits per heavy atom. The Labute approximate surface area is 114 Å². The maximum atomic E-state index is 11.8. The highest BCUT2D eigenvalue weighted by Crippen LogP contribution is 2.19. The van der Waals surface area contributed by atoms with Crippen molar-refractivity contribution < 1.29 is 0 Å². The molecule has 0 saturated heterocycles. The summed E-state index contributed by atoms with van der Waals surface area (Å²) in [4.78, 5) is 11.8. The molecule has 0 aliphatic carbocycles. The second-order valence-electron chi connectivity index (χ2n) is 3.74. The van der Waals surface area contributed by atoms with E-state index in [0.717, 1.165) is 5.56 Å². The van der Waals surface area contributed by atoms with E-state index in [0.29, 0.717) is 10.7 Å². The van der Waals surface area contributed by atoms with Gasteiger partial charge >= 0.3 is 0 Å². The van der Waals surface area contributed by atoms with Crippen molar-refractivity contribution in [2.24, 2.45) is 12.8 Å². The van der Waals surface area contributed by atoms with Crippen LogP contribution in [-0.2, 0) is 7.05 Å². The smallest absolute Gasteiger partial charge is 0.276 e. The Bertz CT molecular complexity index is 664. The zero-order valence-electron chi connectivity index (χ0n) is 9.55. The number of halogens is 1. The van der Waals surface area contributed by atoms with Gasteiger partial charge in [-0.15, -0.1) is 0 Å². The van der Waals surface area contributed by atoms with Crippen molar-refractivity contribution in [1.82, 2.24) is 9.78 Å². The first kappa shape index (κ1) is 12.7. The van der Waals surface area contributed by atoms with Gasteiger partial charge in [0.2, 0.25) is 0 Å². The van der Waals surface area contributed by atoms with Crippen LogP contribution in [0.3, 0.4) is 0 Å². The van der Waals surface area contributed by atoms with Gasteiger partial charge in [0, 0.05) is 17.6 Å². The van der Waals surface area contributed by atoms with Gasteiger partial charge in [-0.2, -0.15) is 5.10 Å². The molecule has 0 radical (unpaired) electrons. The van der Waals surface area contributed by atoms with Crippen LogP contribution in [0.5, 0.6) is 0 Å². The zero-order chi connectivity index (χ0) is 13.3. The number of aryl methyl sites for hydroxylation is 1. The van der Waals surface area contributed by atoms with Crippen LogP contribution in [0.25, 0.3) is 11.3 Å². The summed E-state index contributed by atoms with van der Waals surface area (Å²) in [6, 6.07) is 8.74. The molecule has 2 N–H and O–H groups in total. The van der Waals surface area contributed by atoms with Crippen LogP contribution in [0, 0.1) is 0 Å². The fourth-order valence-corrected chi connectivity index (χ4v) is 1.82. The average Bonchev–Trinajstić information content (AvgIpc) is 2.33. The summed E-state index contributed by atoms with van der Waals surface area (Å²) < 4.78 is 1.22. The van der Waals surface area contributed by atoms with E-state index in [1.54, 1.807) is 25.2 Å². The molecule has 0 atom stereocenters. The van der Waals surface area contributed by atoms with Crippen LogP contribution in [-0.4, -0.2) is 14.8 Å². The maximum Gasteiger partial charge on any atom is 0.276 e. The summed E-state index contributed by atoms with van der Waals surface area (Å²) in [5.74, 6) is 0. The number of nitrogens with two attached hydrogens (primary N) is 1. The van der Waals surface area contributed by atoms with E-state index >= 15 is 0 Å². The molecule has 0 amide bonds. The topological polar surface area (TPSA) is 60.9 Å². The highest BCUT2D eigenvalue weighted by atomic mass is 35.5. The lowest BCUT2D eigenvalue weighted by Gasteiger charge is -2.06. The quantitative estimate of drug-likeness (QED) is 0.851. The first-order valence-corrected chi connectivity index (χ1v) is 5.92. The molecule has 0 spiro atoms. The highest BCUT2D eigenvalue weighted by molar-refractivity contribution is 7.80. The minimum Gasteiger partial charge on any atom is -0.389 e. The predicted octanol–water partition coefficient (Wildman–Crippen LogP) is 1.73. The molecular formula is C12H10ClN3OS. The van der Waals surface area contributed by atoms with Gasteiger partial charge in [-0.1, -0.05) is 36.0 Å². The molecule has 2 aromatic rings. The zero-order valence-corrected chi connectivity index (χ0v) is 11.1. The van der Waals surface area contributed by atoms with E-state index in [4.69, 9.17) is 29.6 Å². The molecule has 1 aromatic carbocycles. The van der Waals surface area contributed by atoms with Gasteiger partial charge in [0.25, 0.3) is 5.56 Å². The summed E-state index contributed by atoms with van der Waals surface area (Å²) in [5.41, 5.74) is 6.97. The van der Waals surface area contributed by atoms with Crippen molar-refractivity contribution in [3.63, 3.8) is 0 Å². The van der Waals surface area contributed by atoms with Gasteiger partial charge < -0.3 is 5.73 Å². The third-order valence-corrected chi connectivity index (χ3v) is 2.94. The Kier molecular flexibility index (Phi) is 3.45. The molecule has 0 bridgehead atoms. The number of benzene rings is 1. The molecule has 18 heavy (non-hydrogen) atoms. The van der Waals surface area contributed by atoms with E-state index in [9.17, 15) is 4.79 Å². The molecule has 0 aliphatic rings. The third kappa shape index (κ3) is 2.42. The fraction of sp³-hybridized carbons (Fsp3) is 0.0833. The predicted molar refractivity (Wildman–Crippen MR) is 75.8 cm³/mol. The maximum absolute atomic E-state index is 11.8. The first-order chi connectivity index (χ1) is 8.49. The Balaban J connectivity index is 2.62. The minimum absolute atomic E-state index is 0.0632. The van der Waals surface area contributed by atoms with E-state index < -0.39 is 0 Å². The molecular weight excluding hydrogens is 270 g/mol. The van der Waals surface area contributed by atoms with Crippen molar-refractivity contribution in [3.05, 3.63) is 51.3 Å². The SMILES string of the molecule is Cn1nc(-c2ccc(Cl)cc2)cc(C(N)=S)c1=O. The third-order valence-electron chi connectivity index (χ3n) is 2.47. The summed E-state index contributed by atoms with van der Waals surface area (Å²) in [7, 11) is 1.56. The lowest BCUT2D eigenvalue weighted by atomic mass is 10.1.